The number of aromatic nitrogens is 6. The van der Waals surface area contributed by atoms with Gasteiger partial charge in [0.05, 0.1) is 44.8 Å². The van der Waals surface area contributed by atoms with Gasteiger partial charge in [-0.25, -0.2) is 19.9 Å². The second-order valence-corrected chi connectivity index (χ2v) is 31.3. The van der Waals surface area contributed by atoms with Gasteiger partial charge in [0.25, 0.3) is 0 Å². The molecule has 9 heteroatoms. The number of nitrogens with zero attached hydrogens (tertiary/aromatic N) is 6. The number of hydrogen-bond acceptors (Lipinski definition) is 7. The van der Waals surface area contributed by atoms with Crippen molar-refractivity contribution in [2.75, 3.05) is 0 Å². The Morgan fingerprint density at radius 3 is 1.12 bits per heavy atom. The summed E-state index contributed by atoms with van der Waals surface area (Å²) in [5, 5.41) is 21.9. The second kappa shape index (κ2) is 26.6. The van der Waals surface area contributed by atoms with Crippen molar-refractivity contribution >= 4 is 162 Å². The van der Waals surface area contributed by atoms with Crippen LogP contribution < -0.4 is 0 Å². The fourth-order valence-electron chi connectivity index (χ4n) is 18.1. The van der Waals surface area contributed by atoms with Crippen LogP contribution in [0.15, 0.2) is 397 Å². The first-order valence-corrected chi connectivity index (χ1v) is 40.4. The van der Waals surface area contributed by atoms with E-state index in [-0.39, 0.29) is 0 Å². The fraction of sp³-hybridized carbons (Fsp3) is 0. The maximum atomic E-state index is 6.51. The van der Waals surface area contributed by atoms with E-state index in [2.05, 4.69) is 367 Å². The normalized spacial score (nSPS) is 11.9. The van der Waals surface area contributed by atoms with Crippen LogP contribution in [0.3, 0.4) is 0 Å². The van der Waals surface area contributed by atoms with E-state index < -0.39 is 0 Å². The third-order valence-electron chi connectivity index (χ3n) is 23.6. The number of rotatable bonds is 9. The highest BCUT2D eigenvalue weighted by molar-refractivity contribution is 7.25. The highest BCUT2D eigenvalue weighted by Gasteiger charge is 2.24. The monoisotopic (exact) mass is 1510 g/mol. The highest BCUT2D eigenvalue weighted by Crippen LogP contribution is 2.46. The summed E-state index contributed by atoms with van der Waals surface area (Å²) in [6, 6.07) is 138. The molecule has 0 spiro atoms. The average Bonchev–Trinajstić information content (AvgIpc) is 1.57. The van der Waals surface area contributed by atoms with Gasteiger partial charge in [-0.05, 0) is 194 Å². The van der Waals surface area contributed by atoms with Gasteiger partial charge in [-0.1, -0.05) is 249 Å². The number of benzene rings is 18. The lowest BCUT2D eigenvalue weighted by atomic mass is 10.00. The van der Waals surface area contributed by atoms with Crippen molar-refractivity contribution in [3.8, 4) is 90.3 Å². The molecule has 25 aromatic rings. The summed E-state index contributed by atoms with van der Waals surface area (Å²) >= 11 is 1.83. The number of para-hydroxylation sites is 3. The van der Waals surface area contributed by atoms with Crippen LogP contribution in [-0.4, -0.2) is 29.1 Å². The molecule has 544 valence electrons. The van der Waals surface area contributed by atoms with Gasteiger partial charge >= 0.3 is 0 Å². The van der Waals surface area contributed by atoms with Crippen LogP contribution in [0, 0.1) is 0 Å². The van der Waals surface area contributed by atoms with Gasteiger partial charge in [-0.15, -0.1) is 11.3 Å². The molecule has 0 atom stereocenters. The quantitative estimate of drug-likeness (QED) is 0.143. The van der Waals surface area contributed by atoms with Crippen LogP contribution in [0.1, 0.15) is 0 Å². The maximum absolute atomic E-state index is 6.51. The minimum atomic E-state index is 0.651. The SMILES string of the molecule is c1ccc(-c2ccc(-c3cc(-c4cccc5c4oc4ccccc45)nc(-c4ccc(-n5c6ccc7ccccc7c6c6c7ccccc7ccc65)cc4)n3)cc2)cc1.c1ccc2c(c1)ccc1c2c2c3ccccc3ccc2n1-c1ccc(-c2nc(-c3ccc4oc5ccccc5c4c3)cc(-c3ccc4sc5ccccc5c4c3)n2)cc1. The summed E-state index contributed by atoms with van der Waals surface area (Å²) in [6.45, 7) is 0. The Morgan fingerprint density at radius 2 is 0.581 bits per heavy atom. The zero-order chi connectivity index (χ0) is 76.8. The Bertz CT molecular complexity index is 8060. The first-order valence-electron chi connectivity index (χ1n) is 39.5. The maximum Gasteiger partial charge on any atom is 0.160 e. The largest absolute Gasteiger partial charge is 0.456 e. The summed E-state index contributed by atoms with van der Waals surface area (Å²) in [5.74, 6) is 1.33. The summed E-state index contributed by atoms with van der Waals surface area (Å²) < 4.78 is 20.1. The Balaban J connectivity index is 0.000000134. The van der Waals surface area contributed by atoms with E-state index in [0.29, 0.717) is 11.6 Å². The molecule has 0 unspecified atom stereocenters. The van der Waals surface area contributed by atoms with E-state index in [0.717, 1.165) is 117 Å². The van der Waals surface area contributed by atoms with Crippen LogP contribution >= 0.6 is 11.3 Å². The first kappa shape index (κ1) is 66.2. The smallest absolute Gasteiger partial charge is 0.160 e. The Labute approximate surface area is 673 Å². The minimum Gasteiger partial charge on any atom is -0.456 e. The molecule has 0 amide bonds. The molecule has 0 fully saturated rings. The number of furan rings is 2. The standard InChI is InChI=1S/C54H31N3OS.C54H33N3O/c1-3-11-38-32(9-1)19-25-46-52(38)53-39-12-4-2-10-33(39)20-26-47(53)57(46)37-23-17-34(18-24-37)54-55-44(35-21-27-49-42(29-35)40-13-5-7-15-48(40)58-49)31-45(56-54)36-22-28-51-43(30-36)41-14-6-8-16-50(41)59-51;1-2-11-34(12-3-1)35-21-23-38(24-22-35)46-33-47(45-19-10-18-44-43-17-8-9-20-50(43)58-53(44)45)56-54(55-46)39-25-29-40(30-26-39)57-48-31-27-36-13-4-6-15-41(36)51(48)52-42-16-7-5-14-37(42)28-32-49(52)57/h1-31H;1-33H. The molecule has 0 aliphatic carbocycles. The van der Waals surface area contributed by atoms with Crippen molar-refractivity contribution in [2.24, 2.45) is 0 Å². The third-order valence-corrected chi connectivity index (χ3v) is 24.8. The second-order valence-electron chi connectivity index (χ2n) is 30.3. The van der Waals surface area contributed by atoms with Crippen molar-refractivity contribution in [3.63, 3.8) is 0 Å². The molecule has 18 aromatic carbocycles. The Hall–Kier alpha value is -15.4. The van der Waals surface area contributed by atoms with Gasteiger partial charge in [0, 0.05) is 108 Å². The van der Waals surface area contributed by atoms with Crippen molar-refractivity contribution in [1.29, 1.82) is 0 Å². The van der Waals surface area contributed by atoms with E-state index in [4.69, 9.17) is 28.8 Å². The van der Waals surface area contributed by atoms with Gasteiger partial charge in [0.15, 0.2) is 11.6 Å². The van der Waals surface area contributed by atoms with Crippen molar-refractivity contribution in [1.82, 2.24) is 29.1 Å². The van der Waals surface area contributed by atoms with E-state index >= 15 is 0 Å². The zero-order valence-electron chi connectivity index (χ0n) is 62.9. The number of fused-ring (bicyclic) bond motifs is 23. The minimum absolute atomic E-state index is 0.651. The van der Waals surface area contributed by atoms with E-state index in [1.807, 2.05) is 41.7 Å². The molecule has 7 heterocycles. The third kappa shape index (κ3) is 10.9. The Morgan fingerprint density at radius 1 is 0.214 bits per heavy atom. The fourth-order valence-corrected chi connectivity index (χ4v) is 19.2. The first-order chi connectivity index (χ1) is 58.0. The van der Waals surface area contributed by atoms with Crippen LogP contribution in [0.4, 0.5) is 0 Å². The molecule has 0 aliphatic heterocycles. The average molecular weight is 1510 g/mol. The molecule has 25 rings (SSSR count). The van der Waals surface area contributed by atoms with Gasteiger partial charge in [0.1, 0.15) is 22.3 Å². The molecule has 0 N–H and O–H groups in total. The van der Waals surface area contributed by atoms with Crippen molar-refractivity contribution in [3.05, 3.63) is 388 Å². The molecule has 0 radical (unpaired) electrons. The molecule has 7 aromatic heterocycles. The summed E-state index contributed by atoms with van der Waals surface area (Å²) in [4.78, 5) is 21.1. The molecule has 0 aliphatic rings. The van der Waals surface area contributed by atoms with Gasteiger partial charge in [-0.3, -0.25) is 0 Å². The van der Waals surface area contributed by atoms with Gasteiger partial charge < -0.3 is 18.0 Å². The van der Waals surface area contributed by atoms with Gasteiger partial charge in [0.2, 0.25) is 0 Å². The zero-order valence-corrected chi connectivity index (χ0v) is 63.7. The van der Waals surface area contributed by atoms with Crippen LogP contribution in [0.2, 0.25) is 0 Å². The predicted molar refractivity (Wildman–Crippen MR) is 488 cm³/mol. The van der Waals surface area contributed by atoms with E-state index in [1.54, 1.807) is 0 Å². The van der Waals surface area contributed by atoms with Crippen LogP contribution in [-0.2, 0) is 0 Å². The topological polar surface area (TPSA) is 87.7 Å². The van der Waals surface area contributed by atoms with Crippen LogP contribution in [0.25, 0.3) is 241 Å². The molecule has 0 saturated heterocycles. The lowest BCUT2D eigenvalue weighted by Gasteiger charge is -2.12. The lowest BCUT2D eigenvalue weighted by molar-refractivity contribution is 0.669. The highest BCUT2D eigenvalue weighted by atomic mass is 32.1. The molecular weight excluding hydrogens is 1450 g/mol. The van der Waals surface area contributed by atoms with Crippen molar-refractivity contribution in [2.45, 2.75) is 0 Å². The molecule has 0 saturated carbocycles. The number of thiophene rings is 1. The van der Waals surface area contributed by atoms with Gasteiger partial charge in [-0.2, -0.15) is 0 Å². The number of hydrogen-bond donors (Lipinski definition) is 0. The molecule has 0 bridgehead atoms. The summed E-state index contributed by atoms with van der Waals surface area (Å²) in [6.07, 6.45) is 0. The van der Waals surface area contributed by atoms with Crippen molar-refractivity contribution < 1.29 is 8.83 Å². The van der Waals surface area contributed by atoms with E-state index in [1.165, 1.54) is 112 Å². The molecule has 117 heavy (non-hydrogen) atoms. The van der Waals surface area contributed by atoms with Crippen LogP contribution in [0.5, 0.6) is 0 Å². The summed E-state index contributed by atoms with van der Waals surface area (Å²) in [5.41, 5.74) is 21.9. The summed E-state index contributed by atoms with van der Waals surface area (Å²) in [7, 11) is 0. The lowest BCUT2D eigenvalue weighted by Crippen LogP contribution is -1.97. The molecular formula is C108H64N6O2S. The predicted octanol–water partition coefficient (Wildman–Crippen LogP) is 29.6. The molecule has 8 nitrogen and oxygen atoms in total. The Kier molecular flexibility index (Phi) is 15.1. The van der Waals surface area contributed by atoms with E-state index in [9.17, 15) is 0 Å².